The molecule has 1 atom stereocenters. The SMILES string of the molecule is CC1(C)CCN(CCC(N)c2ccccc2Cl)CC1. The van der Waals surface area contributed by atoms with Crippen LogP contribution in [-0.2, 0) is 0 Å². The second-order valence-electron chi connectivity index (χ2n) is 6.42. The van der Waals surface area contributed by atoms with Crippen LogP contribution in [0.15, 0.2) is 24.3 Å². The Hall–Kier alpha value is -0.570. The van der Waals surface area contributed by atoms with E-state index in [2.05, 4.69) is 18.7 Å². The molecule has 2 nitrogen and oxygen atoms in total. The van der Waals surface area contributed by atoms with Crippen molar-refractivity contribution in [3.05, 3.63) is 34.9 Å². The zero-order valence-electron chi connectivity index (χ0n) is 12.0. The second kappa shape index (κ2) is 6.25. The van der Waals surface area contributed by atoms with Gasteiger partial charge in [-0.1, -0.05) is 43.6 Å². The van der Waals surface area contributed by atoms with Gasteiger partial charge < -0.3 is 10.6 Å². The monoisotopic (exact) mass is 280 g/mol. The molecule has 1 aromatic carbocycles. The molecular weight excluding hydrogens is 256 g/mol. The van der Waals surface area contributed by atoms with Crippen LogP contribution >= 0.6 is 11.6 Å². The van der Waals surface area contributed by atoms with E-state index in [0.29, 0.717) is 5.41 Å². The lowest BCUT2D eigenvalue weighted by Gasteiger charge is -2.37. The molecule has 0 amide bonds. The quantitative estimate of drug-likeness (QED) is 0.908. The molecule has 0 aromatic heterocycles. The van der Waals surface area contributed by atoms with Crippen molar-refractivity contribution in [1.29, 1.82) is 0 Å². The van der Waals surface area contributed by atoms with Gasteiger partial charge in [0.15, 0.2) is 0 Å². The van der Waals surface area contributed by atoms with Crippen molar-refractivity contribution in [2.75, 3.05) is 19.6 Å². The third-order valence-corrected chi connectivity index (χ3v) is 4.61. The Kier molecular flexibility index (Phi) is 4.88. The minimum atomic E-state index is 0.0450. The van der Waals surface area contributed by atoms with Gasteiger partial charge in [-0.2, -0.15) is 0 Å². The summed E-state index contributed by atoms with van der Waals surface area (Å²) in [6, 6.07) is 7.95. The zero-order chi connectivity index (χ0) is 13.9. The third kappa shape index (κ3) is 4.20. The van der Waals surface area contributed by atoms with Crippen molar-refractivity contribution in [2.24, 2.45) is 11.1 Å². The van der Waals surface area contributed by atoms with E-state index in [1.54, 1.807) is 0 Å². The number of benzene rings is 1. The lowest BCUT2D eigenvalue weighted by atomic mass is 9.82. The van der Waals surface area contributed by atoms with E-state index in [1.807, 2.05) is 24.3 Å². The first-order valence-electron chi connectivity index (χ1n) is 7.20. The van der Waals surface area contributed by atoms with Crippen LogP contribution < -0.4 is 5.73 Å². The highest BCUT2D eigenvalue weighted by molar-refractivity contribution is 6.31. The van der Waals surface area contributed by atoms with Crippen LogP contribution in [0.2, 0.25) is 5.02 Å². The molecule has 1 heterocycles. The highest BCUT2D eigenvalue weighted by atomic mass is 35.5. The number of nitrogens with zero attached hydrogens (tertiary/aromatic N) is 1. The maximum absolute atomic E-state index is 6.26. The van der Waals surface area contributed by atoms with Gasteiger partial charge in [0, 0.05) is 11.1 Å². The molecule has 0 spiro atoms. The average molecular weight is 281 g/mol. The average Bonchev–Trinajstić information content (AvgIpc) is 2.38. The minimum absolute atomic E-state index is 0.0450. The number of hydrogen-bond donors (Lipinski definition) is 1. The first-order chi connectivity index (χ1) is 8.98. The molecule has 1 aliphatic heterocycles. The lowest BCUT2D eigenvalue weighted by molar-refractivity contribution is 0.129. The van der Waals surface area contributed by atoms with E-state index in [9.17, 15) is 0 Å². The van der Waals surface area contributed by atoms with Crippen molar-refractivity contribution >= 4 is 11.6 Å². The van der Waals surface area contributed by atoms with E-state index in [1.165, 1.54) is 25.9 Å². The van der Waals surface area contributed by atoms with Gasteiger partial charge >= 0.3 is 0 Å². The summed E-state index contributed by atoms with van der Waals surface area (Å²) in [7, 11) is 0. The summed E-state index contributed by atoms with van der Waals surface area (Å²) in [5, 5.41) is 0.787. The van der Waals surface area contributed by atoms with Gasteiger partial charge in [-0.3, -0.25) is 0 Å². The fourth-order valence-electron chi connectivity index (χ4n) is 2.63. The Bertz CT molecular complexity index is 407. The summed E-state index contributed by atoms with van der Waals surface area (Å²) in [4.78, 5) is 2.53. The zero-order valence-corrected chi connectivity index (χ0v) is 12.8. The van der Waals surface area contributed by atoms with Crippen LogP contribution in [-0.4, -0.2) is 24.5 Å². The van der Waals surface area contributed by atoms with Crippen molar-refractivity contribution < 1.29 is 0 Å². The van der Waals surface area contributed by atoms with E-state index in [-0.39, 0.29) is 6.04 Å². The number of halogens is 1. The fraction of sp³-hybridized carbons (Fsp3) is 0.625. The summed E-state index contributed by atoms with van der Waals surface area (Å²) in [6.45, 7) is 8.19. The molecule has 1 aliphatic rings. The molecule has 2 rings (SSSR count). The number of piperidine rings is 1. The van der Waals surface area contributed by atoms with E-state index in [0.717, 1.165) is 23.6 Å². The maximum atomic E-state index is 6.26. The molecule has 19 heavy (non-hydrogen) atoms. The Morgan fingerprint density at radius 1 is 1.26 bits per heavy atom. The minimum Gasteiger partial charge on any atom is -0.324 e. The van der Waals surface area contributed by atoms with Gasteiger partial charge in [-0.25, -0.2) is 0 Å². The summed E-state index contributed by atoms with van der Waals surface area (Å²) < 4.78 is 0. The van der Waals surface area contributed by atoms with Crippen LogP contribution in [0, 0.1) is 5.41 Å². The predicted octanol–water partition coefficient (Wildman–Crippen LogP) is 3.85. The molecule has 106 valence electrons. The Labute approximate surface area is 121 Å². The smallest absolute Gasteiger partial charge is 0.0453 e. The van der Waals surface area contributed by atoms with Crippen LogP contribution in [0.1, 0.15) is 44.7 Å². The Morgan fingerprint density at radius 2 is 1.89 bits per heavy atom. The number of rotatable bonds is 4. The van der Waals surface area contributed by atoms with Gasteiger partial charge in [-0.05, 0) is 55.9 Å². The van der Waals surface area contributed by atoms with E-state index in [4.69, 9.17) is 17.3 Å². The molecule has 2 N–H and O–H groups in total. The van der Waals surface area contributed by atoms with Crippen LogP contribution in [0.4, 0.5) is 0 Å². The molecule has 0 aliphatic carbocycles. The van der Waals surface area contributed by atoms with Crippen molar-refractivity contribution in [2.45, 2.75) is 39.2 Å². The summed E-state index contributed by atoms with van der Waals surface area (Å²) in [6.07, 6.45) is 3.55. The predicted molar refractivity (Wildman–Crippen MR) is 82.5 cm³/mol. The second-order valence-corrected chi connectivity index (χ2v) is 6.83. The number of hydrogen-bond acceptors (Lipinski definition) is 2. The van der Waals surface area contributed by atoms with Gasteiger partial charge in [0.2, 0.25) is 0 Å². The largest absolute Gasteiger partial charge is 0.324 e. The van der Waals surface area contributed by atoms with Crippen LogP contribution in [0.25, 0.3) is 0 Å². The summed E-state index contributed by atoms with van der Waals surface area (Å²) in [5.41, 5.74) is 7.84. The van der Waals surface area contributed by atoms with Crippen molar-refractivity contribution in [3.63, 3.8) is 0 Å². The standard InChI is InChI=1S/C16H25ClN2/c1-16(2)8-11-19(12-9-16)10-7-15(18)13-5-3-4-6-14(13)17/h3-6,15H,7-12,18H2,1-2H3. The topological polar surface area (TPSA) is 29.3 Å². The lowest BCUT2D eigenvalue weighted by Crippen LogP contribution is -2.38. The van der Waals surface area contributed by atoms with Crippen molar-refractivity contribution in [1.82, 2.24) is 4.90 Å². The van der Waals surface area contributed by atoms with Gasteiger partial charge in [0.25, 0.3) is 0 Å². The molecule has 0 radical (unpaired) electrons. The Balaban J connectivity index is 1.82. The summed E-state index contributed by atoms with van der Waals surface area (Å²) >= 11 is 6.18. The normalized spacial score (nSPS) is 21.3. The van der Waals surface area contributed by atoms with Crippen molar-refractivity contribution in [3.8, 4) is 0 Å². The fourth-order valence-corrected chi connectivity index (χ4v) is 2.91. The van der Waals surface area contributed by atoms with E-state index < -0.39 is 0 Å². The van der Waals surface area contributed by atoms with Crippen LogP contribution in [0.5, 0.6) is 0 Å². The molecule has 1 aromatic rings. The number of nitrogens with two attached hydrogens (primary N) is 1. The third-order valence-electron chi connectivity index (χ3n) is 4.27. The number of likely N-dealkylation sites (tertiary alicyclic amines) is 1. The van der Waals surface area contributed by atoms with Crippen LogP contribution in [0.3, 0.4) is 0 Å². The van der Waals surface area contributed by atoms with Gasteiger partial charge in [0.1, 0.15) is 0 Å². The molecule has 3 heteroatoms. The molecule has 1 saturated heterocycles. The highest BCUT2D eigenvalue weighted by Gasteiger charge is 2.25. The molecule has 0 bridgehead atoms. The first-order valence-corrected chi connectivity index (χ1v) is 7.58. The highest BCUT2D eigenvalue weighted by Crippen LogP contribution is 2.30. The molecule has 1 unspecified atom stereocenters. The molecule has 1 fully saturated rings. The Morgan fingerprint density at radius 3 is 2.53 bits per heavy atom. The van der Waals surface area contributed by atoms with Gasteiger partial charge in [0.05, 0.1) is 0 Å². The van der Waals surface area contributed by atoms with Gasteiger partial charge in [-0.15, -0.1) is 0 Å². The van der Waals surface area contributed by atoms with E-state index >= 15 is 0 Å². The summed E-state index contributed by atoms with van der Waals surface area (Å²) in [5.74, 6) is 0. The molecular formula is C16H25ClN2. The first kappa shape index (κ1) is 14.8. The molecule has 0 saturated carbocycles. The maximum Gasteiger partial charge on any atom is 0.0453 e.